The molecule has 0 saturated carbocycles. The van der Waals surface area contributed by atoms with Gasteiger partial charge in [0.15, 0.2) is 5.76 Å². The van der Waals surface area contributed by atoms with Gasteiger partial charge in [-0.1, -0.05) is 19.0 Å². The Morgan fingerprint density at radius 1 is 1.25 bits per heavy atom. The molecule has 2 saturated heterocycles. The van der Waals surface area contributed by atoms with E-state index in [1.807, 2.05) is 24.1 Å². The second-order valence-corrected chi connectivity index (χ2v) is 8.12. The number of carbonyl (C=O) groups is 1. The van der Waals surface area contributed by atoms with Gasteiger partial charge in [0.05, 0.1) is 17.0 Å². The van der Waals surface area contributed by atoms with E-state index in [1.165, 1.54) is 0 Å². The summed E-state index contributed by atoms with van der Waals surface area (Å²) in [5, 5.41) is 3.98. The molecule has 2 aliphatic rings. The molecule has 1 amide bonds. The van der Waals surface area contributed by atoms with Gasteiger partial charge in [-0.05, 0) is 38.5 Å². The summed E-state index contributed by atoms with van der Waals surface area (Å²) in [6.07, 6.45) is 5.23. The fraction of sp³-hybridized carbons (Fsp3) is 0.619. The maximum atomic E-state index is 12.5. The fourth-order valence-electron chi connectivity index (χ4n) is 4.06. The van der Waals surface area contributed by atoms with Gasteiger partial charge in [0, 0.05) is 37.9 Å². The Labute approximate surface area is 165 Å². The van der Waals surface area contributed by atoms with Gasteiger partial charge in [-0.15, -0.1) is 0 Å². The van der Waals surface area contributed by atoms with E-state index in [1.54, 1.807) is 0 Å². The highest BCUT2D eigenvalue weighted by Crippen LogP contribution is 2.32. The number of aryl methyl sites for hydroxylation is 1. The van der Waals surface area contributed by atoms with Gasteiger partial charge in [-0.25, -0.2) is 9.97 Å². The van der Waals surface area contributed by atoms with Crippen molar-refractivity contribution in [1.29, 1.82) is 0 Å². The molecule has 2 fully saturated rings. The van der Waals surface area contributed by atoms with Crippen LogP contribution < -0.4 is 0 Å². The summed E-state index contributed by atoms with van der Waals surface area (Å²) in [7, 11) is 0. The molecule has 2 aromatic rings. The van der Waals surface area contributed by atoms with Gasteiger partial charge in [-0.2, -0.15) is 0 Å². The quantitative estimate of drug-likeness (QED) is 0.803. The Balaban J connectivity index is 1.47. The molecule has 0 unspecified atom stereocenters. The fourth-order valence-corrected chi connectivity index (χ4v) is 4.06. The zero-order chi connectivity index (χ0) is 19.7. The van der Waals surface area contributed by atoms with Crippen molar-refractivity contribution in [3.63, 3.8) is 0 Å². The summed E-state index contributed by atoms with van der Waals surface area (Å²) < 4.78 is 11.0. The molecule has 150 valence electrons. The molecule has 0 spiro atoms. The third-order valence-electron chi connectivity index (χ3n) is 5.65. The Morgan fingerprint density at radius 3 is 2.64 bits per heavy atom. The molecule has 7 heteroatoms. The number of nitrogens with zero attached hydrogens (tertiary/aromatic N) is 4. The van der Waals surface area contributed by atoms with E-state index >= 15 is 0 Å². The smallest absolute Gasteiger partial charge is 0.251 e. The molecule has 28 heavy (non-hydrogen) atoms. The van der Waals surface area contributed by atoms with Crippen LogP contribution >= 0.6 is 0 Å². The van der Waals surface area contributed by atoms with Gasteiger partial charge in [0.25, 0.3) is 5.91 Å². The van der Waals surface area contributed by atoms with Crippen molar-refractivity contribution in [3.8, 4) is 11.3 Å². The zero-order valence-corrected chi connectivity index (χ0v) is 16.9. The Hall–Kier alpha value is -2.28. The SMILES string of the molecule is Cc1cc(-c2cnc(C3CCN(C(=O)[C@H]4CCCO4)CC3)nc2C(C)C)on1. The summed E-state index contributed by atoms with van der Waals surface area (Å²) in [4.78, 5) is 24.0. The number of rotatable bonds is 4. The van der Waals surface area contributed by atoms with Crippen molar-refractivity contribution in [1.82, 2.24) is 20.0 Å². The minimum absolute atomic E-state index is 0.149. The lowest BCUT2D eigenvalue weighted by Gasteiger charge is -2.33. The Bertz CT molecular complexity index is 834. The number of piperidine rings is 1. The highest BCUT2D eigenvalue weighted by atomic mass is 16.5. The molecule has 0 bridgehead atoms. The van der Waals surface area contributed by atoms with Crippen molar-refractivity contribution in [2.45, 2.75) is 64.4 Å². The highest BCUT2D eigenvalue weighted by Gasteiger charge is 2.32. The van der Waals surface area contributed by atoms with E-state index in [0.29, 0.717) is 12.4 Å². The lowest BCUT2D eigenvalue weighted by atomic mass is 9.94. The van der Waals surface area contributed by atoms with Crippen LogP contribution in [0.2, 0.25) is 0 Å². The van der Waals surface area contributed by atoms with Crippen molar-refractivity contribution >= 4 is 5.91 Å². The molecule has 2 aromatic heterocycles. The molecular weight excluding hydrogens is 356 g/mol. The number of hydrogen-bond donors (Lipinski definition) is 0. The molecule has 1 atom stereocenters. The first-order valence-corrected chi connectivity index (χ1v) is 10.2. The summed E-state index contributed by atoms with van der Waals surface area (Å²) in [5.41, 5.74) is 2.74. The van der Waals surface area contributed by atoms with Gasteiger partial charge in [0.2, 0.25) is 0 Å². The summed E-state index contributed by atoms with van der Waals surface area (Å²) >= 11 is 0. The minimum atomic E-state index is -0.231. The first-order chi connectivity index (χ1) is 13.5. The van der Waals surface area contributed by atoms with Gasteiger partial charge in [-0.3, -0.25) is 4.79 Å². The largest absolute Gasteiger partial charge is 0.368 e. The van der Waals surface area contributed by atoms with Crippen LogP contribution in [0.25, 0.3) is 11.3 Å². The monoisotopic (exact) mass is 384 g/mol. The van der Waals surface area contributed by atoms with Crippen molar-refractivity contribution < 1.29 is 14.1 Å². The first-order valence-electron chi connectivity index (χ1n) is 10.2. The molecule has 0 N–H and O–H groups in total. The summed E-state index contributed by atoms with van der Waals surface area (Å²) in [5.74, 6) is 2.26. The number of aromatic nitrogens is 3. The van der Waals surface area contributed by atoms with Crippen LogP contribution in [-0.2, 0) is 9.53 Å². The van der Waals surface area contributed by atoms with E-state index in [4.69, 9.17) is 14.2 Å². The van der Waals surface area contributed by atoms with Gasteiger partial charge < -0.3 is 14.2 Å². The predicted molar refractivity (Wildman–Crippen MR) is 104 cm³/mol. The number of carbonyl (C=O) groups excluding carboxylic acids is 1. The maximum Gasteiger partial charge on any atom is 0.251 e. The zero-order valence-electron chi connectivity index (χ0n) is 16.9. The van der Waals surface area contributed by atoms with E-state index in [0.717, 1.165) is 61.5 Å². The second-order valence-electron chi connectivity index (χ2n) is 8.12. The van der Waals surface area contributed by atoms with E-state index < -0.39 is 0 Å². The molecule has 4 rings (SSSR count). The van der Waals surface area contributed by atoms with E-state index in [-0.39, 0.29) is 23.8 Å². The number of ether oxygens (including phenoxy) is 1. The van der Waals surface area contributed by atoms with Crippen LogP contribution in [0, 0.1) is 6.92 Å². The van der Waals surface area contributed by atoms with Crippen LogP contribution in [0.3, 0.4) is 0 Å². The average Bonchev–Trinajstić information content (AvgIpc) is 3.39. The molecule has 0 radical (unpaired) electrons. The van der Waals surface area contributed by atoms with Crippen molar-refractivity contribution in [2.75, 3.05) is 19.7 Å². The summed E-state index contributed by atoms with van der Waals surface area (Å²) in [6, 6.07) is 1.92. The highest BCUT2D eigenvalue weighted by molar-refractivity contribution is 5.81. The predicted octanol–water partition coefficient (Wildman–Crippen LogP) is 3.45. The van der Waals surface area contributed by atoms with E-state index in [2.05, 4.69) is 24.0 Å². The summed E-state index contributed by atoms with van der Waals surface area (Å²) in [6.45, 7) is 8.35. The Kier molecular flexibility index (Phi) is 5.44. The average molecular weight is 384 g/mol. The number of amides is 1. The third kappa shape index (κ3) is 3.81. The number of likely N-dealkylation sites (tertiary alicyclic amines) is 1. The van der Waals surface area contributed by atoms with E-state index in [9.17, 15) is 4.79 Å². The van der Waals surface area contributed by atoms with Crippen molar-refractivity contribution in [2.24, 2.45) is 0 Å². The Morgan fingerprint density at radius 2 is 2.04 bits per heavy atom. The second kappa shape index (κ2) is 7.99. The normalized spacial score (nSPS) is 20.9. The molecular formula is C21H28N4O3. The lowest BCUT2D eigenvalue weighted by molar-refractivity contribution is -0.142. The van der Waals surface area contributed by atoms with Crippen LogP contribution in [0.4, 0.5) is 0 Å². The maximum absolute atomic E-state index is 12.5. The number of hydrogen-bond acceptors (Lipinski definition) is 6. The molecule has 7 nitrogen and oxygen atoms in total. The van der Waals surface area contributed by atoms with Gasteiger partial charge in [0.1, 0.15) is 11.9 Å². The first kappa shape index (κ1) is 19.1. The standard InChI is InChI=1S/C21H28N4O3/c1-13(2)19-16(18-11-14(3)24-28-18)12-22-20(23-19)15-6-8-25(9-7-15)21(26)17-5-4-10-27-17/h11-13,15,17H,4-10H2,1-3H3/t17-/m1/s1. The molecule has 0 aliphatic carbocycles. The topological polar surface area (TPSA) is 81.4 Å². The lowest BCUT2D eigenvalue weighted by Crippen LogP contribution is -2.43. The van der Waals surface area contributed by atoms with Crippen LogP contribution in [-0.4, -0.2) is 51.7 Å². The van der Waals surface area contributed by atoms with Crippen LogP contribution in [0.5, 0.6) is 0 Å². The molecule has 0 aromatic carbocycles. The van der Waals surface area contributed by atoms with Crippen LogP contribution in [0.15, 0.2) is 16.8 Å². The molecule has 4 heterocycles. The molecule has 2 aliphatic heterocycles. The minimum Gasteiger partial charge on any atom is -0.368 e. The van der Waals surface area contributed by atoms with Crippen LogP contribution in [0.1, 0.15) is 68.6 Å². The van der Waals surface area contributed by atoms with Gasteiger partial charge >= 0.3 is 0 Å². The van der Waals surface area contributed by atoms with Crippen molar-refractivity contribution in [3.05, 3.63) is 29.5 Å². The third-order valence-corrected chi connectivity index (χ3v) is 5.65.